The summed E-state index contributed by atoms with van der Waals surface area (Å²) in [5.41, 5.74) is 0.302. The largest absolute Gasteiger partial charge is 0.459 e. The van der Waals surface area contributed by atoms with E-state index in [1.54, 1.807) is 57.2 Å². The maximum Gasteiger partial charge on any atom is 0.319 e. The molecule has 0 N–H and O–H groups in total. The van der Waals surface area contributed by atoms with E-state index in [4.69, 9.17) is 4.74 Å². The number of nitrogens with zero attached hydrogens (tertiary/aromatic N) is 1. The summed E-state index contributed by atoms with van der Waals surface area (Å²) >= 11 is 1.47. The van der Waals surface area contributed by atoms with Crippen molar-refractivity contribution in [3.63, 3.8) is 0 Å². The third-order valence-corrected chi connectivity index (χ3v) is 8.67. The fourth-order valence-electron chi connectivity index (χ4n) is 4.25. The number of sulfonamides is 1. The zero-order valence-corrected chi connectivity index (χ0v) is 20.1. The predicted molar refractivity (Wildman–Crippen MR) is 123 cm³/mol. The van der Waals surface area contributed by atoms with Gasteiger partial charge in [0.15, 0.2) is 0 Å². The van der Waals surface area contributed by atoms with Crippen molar-refractivity contribution in [2.45, 2.75) is 44.2 Å². The summed E-state index contributed by atoms with van der Waals surface area (Å²) in [5.74, 6) is -0.529. The van der Waals surface area contributed by atoms with Crippen molar-refractivity contribution in [3.8, 4) is 0 Å². The van der Waals surface area contributed by atoms with Crippen molar-refractivity contribution < 1.29 is 22.3 Å². The highest BCUT2D eigenvalue weighted by atomic mass is 32.2. The number of aryl methyl sites for hydroxylation is 1. The van der Waals surface area contributed by atoms with Crippen LogP contribution in [0, 0.1) is 18.2 Å². The first kappa shape index (κ1) is 23.0. The third kappa shape index (κ3) is 3.89. The Bertz CT molecular complexity index is 1170. The first-order chi connectivity index (χ1) is 14.9. The molecule has 2 aromatic carbocycles. The average molecular weight is 476 g/mol. The minimum Gasteiger partial charge on any atom is -0.459 e. The molecule has 0 saturated carbocycles. The molecule has 0 aromatic heterocycles. The monoisotopic (exact) mass is 475 g/mol. The highest BCUT2D eigenvalue weighted by Gasteiger charge is 2.62. The third-order valence-electron chi connectivity index (χ3n) is 5.77. The molecule has 0 amide bonds. The molecule has 2 aliphatic rings. The van der Waals surface area contributed by atoms with E-state index in [1.807, 2.05) is 12.3 Å². The van der Waals surface area contributed by atoms with E-state index in [2.05, 4.69) is 0 Å². The van der Waals surface area contributed by atoms with Crippen LogP contribution in [0.2, 0.25) is 0 Å². The van der Waals surface area contributed by atoms with E-state index in [0.717, 1.165) is 5.56 Å². The number of hydrogen-bond acceptors (Lipinski definition) is 5. The number of ether oxygens (including phenoxy) is 1. The van der Waals surface area contributed by atoms with Gasteiger partial charge in [0.05, 0.1) is 10.9 Å². The van der Waals surface area contributed by atoms with Crippen molar-refractivity contribution in [1.29, 1.82) is 0 Å². The lowest BCUT2D eigenvalue weighted by Gasteiger charge is -2.36. The molecular weight excluding hydrogens is 449 g/mol. The normalized spacial score (nSPS) is 23.7. The Morgan fingerprint density at radius 2 is 1.75 bits per heavy atom. The number of hydrogen-bond donors (Lipinski definition) is 0. The number of fused-ring (bicyclic) bond motifs is 1. The van der Waals surface area contributed by atoms with Crippen molar-refractivity contribution >= 4 is 27.8 Å². The SMILES string of the molecule is Cc1ccc(S(=O)(=O)N2CC3=CSC[C@@]3(C(=O)OC(C)(C)C)[C@H]2c2ccc(F)cc2)cc1. The molecule has 0 unspecified atom stereocenters. The van der Waals surface area contributed by atoms with Crippen LogP contribution >= 0.6 is 11.8 Å². The van der Waals surface area contributed by atoms with Crippen LogP contribution in [0.3, 0.4) is 0 Å². The van der Waals surface area contributed by atoms with Crippen molar-refractivity contribution in [1.82, 2.24) is 4.31 Å². The first-order valence-electron chi connectivity index (χ1n) is 10.3. The Labute approximate surface area is 192 Å². The molecule has 170 valence electrons. The fraction of sp³-hybridized carbons (Fsp3) is 0.375. The van der Waals surface area contributed by atoms with Crippen LogP contribution in [0.1, 0.15) is 37.9 Å². The average Bonchev–Trinajstić information content (AvgIpc) is 3.26. The quantitative estimate of drug-likeness (QED) is 0.592. The number of carbonyl (C=O) groups excluding carboxylic acids is 1. The predicted octanol–water partition coefficient (Wildman–Crippen LogP) is 4.84. The molecule has 32 heavy (non-hydrogen) atoms. The second-order valence-electron chi connectivity index (χ2n) is 9.24. The molecule has 1 saturated heterocycles. The van der Waals surface area contributed by atoms with Crippen LogP contribution in [-0.2, 0) is 19.6 Å². The standard InChI is InChI=1S/C24H26FNO4S2/c1-16-5-11-20(12-6-16)32(28,29)26-13-18-14-31-15-24(18,22(27)30-23(2,3)4)21(26)17-7-9-19(25)10-8-17/h5-12,14,21H,13,15H2,1-4H3/t21-,24+/m1/s1. The van der Waals surface area contributed by atoms with E-state index < -0.39 is 38.9 Å². The fourth-order valence-corrected chi connectivity index (χ4v) is 7.18. The molecule has 0 bridgehead atoms. The molecule has 2 aromatic rings. The lowest BCUT2D eigenvalue weighted by molar-refractivity contribution is -0.165. The Morgan fingerprint density at radius 3 is 2.34 bits per heavy atom. The second-order valence-corrected chi connectivity index (χ2v) is 12.0. The molecule has 5 nitrogen and oxygen atoms in total. The zero-order chi connectivity index (χ0) is 23.3. The van der Waals surface area contributed by atoms with Crippen molar-refractivity contribution in [3.05, 3.63) is 76.5 Å². The van der Waals surface area contributed by atoms with Crippen LogP contribution in [0.15, 0.2) is 64.4 Å². The summed E-state index contributed by atoms with van der Waals surface area (Å²) in [6, 6.07) is 11.5. The lowest BCUT2D eigenvalue weighted by atomic mass is 9.76. The molecular formula is C24H26FNO4S2. The van der Waals surface area contributed by atoms with Gasteiger partial charge in [-0.2, -0.15) is 4.31 Å². The molecule has 0 spiro atoms. The van der Waals surface area contributed by atoms with E-state index >= 15 is 0 Å². The minimum absolute atomic E-state index is 0.0739. The number of rotatable bonds is 4. The van der Waals surface area contributed by atoms with Crippen LogP contribution in [0.5, 0.6) is 0 Å². The maximum absolute atomic E-state index is 13.7. The van der Waals surface area contributed by atoms with Gasteiger partial charge in [-0.3, -0.25) is 4.79 Å². The van der Waals surface area contributed by atoms with Gasteiger partial charge in [0.1, 0.15) is 16.8 Å². The van der Waals surface area contributed by atoms with Gasteiger partial charge in [-0.25, -0.2) is 12.8 Å². The highest BCUT2D eigenvalue weighted by Crippen LogP contribution is 2.58. The Kier molecular flexibility index (Phi) is 5.76. The number of esters is 1. The van der Waals surface area contributed by atoms with Gasteiger partial charge < -0.3 is 4.74 Å². The molecule has 0 radical (unpaired) electrons. The molecule has 0 aliphatic carbocycles. The zero-order valence-electron chi connectivity index (χ0n) is 18.5. The molecule has 8 heteroatoms. The number of thioether (sulfide) groups is 1. The molecule has 4 rings (SSSR count). The van der Waals surface area contributed by atoms with Gasteiger partial charge in [0.25, 0.3) is 0 Å². The van der Waals surface area contributed by atoms with Gasteiger partial charge in [0, 0.05) is 12.3 Å². The van der Waals surface area contributed by atoms with Crippen LogP contribution in [0.25, 0.3) is 0 Å². The Hall–Kier alpha value is -2.16. The van der Waals surface area contributed by atoms with Crippen LogP contribution in [-0.4, -0.2) is 36.6 Å². The second kappa shape index (κ2) is 8.01. The van der Waals surface area contributed by atoms with Crippen LogP contribution in [0.4, 0.5) is 4.39 Å². The Morgan fingerprint density at radius 1 is 1.12 bits per heavy atom. The summed E-state index contributed by atoms with van der Waals surface area (Å²) in [6.45, 7) is 7.32. The van der Waals surface area contributed by atoms with E-state index in [9.17, 15) is 17.6 Å². The minimum atomic E-state index is -3.94. The smallest absolute Gasteiger partial charge is 0.319 e. The van der Waals surface area contributed by atoms with Gasteiger partial charge in [-0.1, -0.05) is 29.8 Å². The van der Waals surface area contributed by atoms with Gasteiger partial charge in [0.2, 0.25) is 10.0 Å². The van der Waals surface area contributed by atoms with Crippen LogP contribution < -0.4 is 0 Å². The molecule has 2 heterocycles. The maximum atomic E-state index is 13.7. The number of carbonyl (C=O) groups is 1. The number of halogens is 1. The van der Waals surface area contributed by atoms with Gasteiger partial charge in [-0.05, 0) is 68.5 Å². The molecule has 2 aliphatic heterocycles. The topological polar surface area (TPSA) is 63.7 Å². The summed E-state index contributed by atoms with van der Waals surface area (Å²) in [4.78, 5) is 13.8. The van der Waals surface area contributed by atoms with Gasteiger partial charge >= 0.3 is 5.97 Å². The molecule has 1 fully saturated rings. The van der Waals surface area contributed by atoms with Crippen molar-refractivity contribution in [2.24, 2.45) is 5.41 Å². The summed E-state index contributed by atoms with van der Waals surface area (Å²) in [6.07, 6.45) is 0. The highest BCUT2D eigenvalue weighted by molar-refractivity contribution is 8.02. The van der Waals surface area contributed by atoms with E-state index in [1.165, 1.54) is 28.2 Å². The lowest BCUT2D eigenvalue weighted by Crippen LogP contribution is -2.44. The summed E-state index contributed by atoms with van der Waals surface area (Å²) in [5, 5.41) is 1.87. The molecule has 2 atom stereocenters. The Balaban J connectivity index is 1.88. The van der Waals surface area contributed by atoms with E-state index in [-0.39, 0.29) is 11.4 Å². The summed E-state index contributed by atoms with van der Waals surface area (Å²) in [7, 11) is -3.94. The van der Waals surface area contributed by atoms with Crippen molar-refractivity contribution in [2.75, 3.05) is 12.3 Å². The number of benzene rings is 2. The van der Waals surface area contributed by atoms with E-state index in [0.29, 0.717) is 16.9 Å². The first-order valence-corrected chi connectivity index (χ1v) is 12.8. The summed E-state index contributed by atoms with van der Waals surface area (Å²) < 4.78 is 48.4. The van der Waals surface area contributed by atoms with Gasteiger partial charge in [-0.15, -0.1) is 11.8 Å².